The van der Waals surface area contributed by atoms with Crippen molar-refractivity contribution >= 4 is 17.8 Å². The molecule has 1 aliphatic rings. The Kier molecular flexibility index (Phi) is 2.09. The number of rotatable bonds is 1. The van der Waals surface area contributed by atoms with E-state index in [1.807, 2.05) is 5.32 Å². The first kappa shape index (κ1) is 8.25. The molecule has 1 heterocycles. The molecule has 1 rings (SSSR count). The maximum absolute atomic E-state index is 10.7. The average Bonchev–Trinajstić information content (AvgIpc) is 2.11. The van der Waals surface area contributed by atoms with Crippen molar-refractivity contribution in [3.05, 3.63) is 11.8 Å². The summed E-state index contributed by atoms with van der Waals surface area (Å²) in [4.78, 5) is 31.7. The van der Waals surface area contributed by atoms with Gasteiger partial charge in [0.2, 0.25) is 5.91 Å². The van der Waals surface area contributed by atoms with E-state index in [4.69, 9.17) is 5.11 Å². The molecular formula is C6H6N2O4. The maximum Gasteiger partial charge on any atom is 0.352 e. The quantitative estimate of drug-likeness (QED) is 0.403. The molecule has 0 saturated carbocycles. The van der Waals surface area contributed by atoms with Crippen LogP contribution in [0, 0.1) is 0 Å². The van der Waals surface area contributed by atoms with E-state index in [1.54, 1.807) is 0 Å². The molecule has 64 valence electrons. The van der Waals surface area contributed by atoms with Gasteiger partial charge in [-0.25, -0.2) is 4.79 Å². The van der Waals surface area contributed by atoms with Crippen molar-refractivity contribution in [3.63, 3.8) is 0 Å². The molecule has 0 aromatic carbocycles. The second kappa shape index (κ2) is 3.04. The van der Waals surface area contributed by atoms with Crippen LogP contribution in [0.1, 0.15) is 0 Å². The van der Waals surface area contributed by atoms with Crippen LogP contribution in [0.5, 0.6) is 0 Å². The fourth-order valence-electron chi connectivity index (χ4n) is 0.713. The normalized spacial score (nSPS) is 17.2. The minimum atomic E-state index is -1.26. The Hall–Kier alpha value is -1.85. The topological polar surface area (TPSA) is 95.5 Å². The lowest BCUT2D eigenvalue weighted by Crippen LogP contribution is -2.33. The summed E-state index contributed by atoms with van der Waals surface area (Å²) in [5.74, 6) is -2.53. The van der Waals surface area contributed by atoms with Crippen molar-refractivity contribution in [1.29, 1.82) is 0 Å². The number of amides is 2. The van der Waals surface area contributed by atoms with E-state index in [-0.39, 0.29) is 12.2 Å². The first-order valence-electron chi connectivity index (χ1n) is 3.12. The molecule has 0 aliphatic carbocycles. The highest BCUT2D eigenvalue weighted by atomic mass is 16.4. The van der Waals surface area contributed by atoms with Crippen LogP contribution < -0.4 is 10.6 Å². The molecule has 0 fully saturated rings. The van der Waals surface area contributed by atoms with E-state index >= 15 is 0 Å². The van der Waals surface area contributed by atoms with Crippen LogP contribution in [0.3, 0.4) is 0 Å². The highest BCUT2D eigenvalue weighted by Gasteiger charge is 2.16. The van der Waals surface area contributed by atoms with Gasteiger partial charge in [-0.3, -0.25) is 14.9 Å². The van der Waals surface area contributed by atoms with Gasteiger partial charge in [0.25, 0.3) is 5.91 Å². The van der Waals surface area contributed by atoms with Gasteiger partial charge in [0, 0.05) is 6.08 Å². The summed E-state index contributed by atoms with van der Waals surface area (Å²) in [7, 11) is 0. The van der Waals surface area contributed by atoms with Crippen molar-refractivity contribution in [2.45, 2.75) is 0 Å². The molecule has 3 N–H and O–H groups in total. The van der Waals surface area contributed by atoms with Gasteiger partial charge in [0.05, 0.1) is 6.54 Å². The van der Waals surface area contributed by atoms with Crippen molar-refractivity contribution in [2.24, 2.45) is 0 Å². The average molecular weight is 170 g/mol. The summed E-state index contributed by atoms with van der Waals surface area (Å²) in [6.45, 7) is -0.204. The van der Waals surface area contributed by atoms with Gasteiger partial charge in [-0.05, 0) is 0 Å². The highest BCUT2D eigenvalue weighted by molar-refractivity contribution is 6.06. The Morgan fingerprint density at radius 1 is 1.50 bits per heavy atom. The molecule has 0 spiro atoms. The molecule has 0 saturated heterocycles. The molecule has 0 unspecified atom stereocenters. The van der Waals surface area contributed by atoms with Gasteiger partial charge in [0.15, 0.2) is 0 Å². The number of carbonyl (C=O) groups is 3. The lowest BCUT2D eigenvalue weighted by atomic mass is 10.4. The Morgan fingerprint density at radius 3 is 2.75 bits per heavy atom. The van der Waals surface area contributed by atoms with Crippen LogP contribution in [0.15, 0.2) is 11.8 Å². The fourth-order valence-corrected chi connectivity index (χ4v) is 0.713. The fraction of sp³-hybridized carbons (Fsp3) is 0.167. The van der Waals surface area contributed by atoms with Gasteiger partial charge in [-0.15, -0.1) is 0 Å². The molecule has 0 atom stereocenters. The summed E-state index contributed by atoms with van der Waals surface area (Å²) in [6, 6.07) is 0. The standard InChI is InChI=1S/C6H6N2O4/c9-4-1-3(6(11)12)7-2-5(10)8-4/h1,7H,2H2,(H,11,12)(H,8,9,10). The number of carboxylic acids is 1. The largest absolute Gasteiger partial charge is 0.477 e. The van der Waals surface area contributed by atoms with Crippen molar-refractivity contribution in [2.75, 3.05) is 6.54 Å². The lowest BCUT2D eigenvalue weighted by molar-refractivity contribution is -0.133. The number of hydrogen-bond donors (Lipinski definition) is 3. The van der Waals surface area contributed by atoms with E-state index in [2.05, 4.69) is 5.32 Å². The molecule has 12 heavy (non-hydrogen) atoms. The lowest BCUT2D eigenvalue weighted by Gasteiger charge is -1.99. The SMILES string of the molecule is O=C1C=C(C(=O)O)NCC(=O)N1. The molecule has 0 bridgehead atoms. The Balaban J connectivity index is 2.83. The second-order valence-electron chi connectivity index (χ2n) is 2.13. The van der Waals surface area contributed by atoms with Crippen molar-refractivity contribution in [3.8, 4) is 0 Å². The predicted molar refractivity (Wildman–Crippen MR) is 36.9 cm³/mol. The first-order chi connectivity index (χ1) is 5.59. The third-order valence-corrected chi connectivity index (χ3v) is 1.21. The zero-order valence-electron chi connectivity index (χ0n) is 5.96. The highest BCUT2D eigenvalue weighted by Crippen LogP contribution is 1.92. The Morgan fingerprint density at radius 2 is 2.17 bits per heavy atom. The van der Waals surface area contributed by atoms with E-state index in [0.717, 1.165) is 6.08 Å². The number of nitrogens with one attached hydrogen (secondary N) is 2. The molecule has 6 nitrogen and oxygen atoms in total. The molecule has 6 heteroatoms. The van der Waals surface area contributed by atoms with E-state index in [9.17, 15) is 14.4 Å². The number of carbonyl (C=O) groups excluding carboxylic acids is 2. The van der Waals surface area contributed by atoms with Crippen LogP contribution in [0.2, 0.25) is 0 Å². The zero-order chi connectivity index (χ0) is 9.14. The minimum Gasteiger partial charge on any atom is -0.477 e. The van der Waals surface area contributed by atoms with Gasteiger partial charge < -0.3 is 10.4 Å². The molecule has 0 radical (unpaired) electrons. The molecule has 2 amide bonds. The zero-order valence-corrected chi connectivity index (χ0v) is 5.96. The molecule has 1 aliphatic heterocycles. The van der Waals surface area contributed by atoms with Gasteiger partial charge in [-0.1, -0.05) is 0 Å². The van der Waals surface area contributed by atoms with Gasteiger partial charge in [-0.2, -0.15) is 0 Å². The predicted octanol–water partition coefficient (Wildman–Crippen LogP) is -1.80. The monoisotopic (exact) mass is 170 g/mol. The van der Waals surface area contributed by atoms with E-state index in [0.29, 0.717) is 0 Å². The summed E-state index contributed by atoms with van der Waals surface area (Å²) in [5, 5.41) is 12.7. The maximum atomic E-state index is 10.7. The van der Waals surface area contributed by atoms with Crippen LogP contribution in [-0.2, 0) is 14.4 Å². The van der Waals surface area contributed by atoms with Gasteiger partial charge in [0.1, 0.15) is 5.70 Å². The van der Waals surface area contributed by atoms with Crippen LogP contribution in [0.4, 0.5) is 0 Å². The smallest absolute Gasteiger partial charge is 0.352 e. The minimum absolute atomic E-state index is 0.204. The van der Waals surface area contributed by atoms with Crippen molar-refractivity contribution in [1.82, 2.24) is 10.6 Å². The van der Waals surface area contributed by atoms with Gasteiger partial charge >= 0.3 is 5.97 Å². The third-order valence-electron chi connectivity index (χ3n) is 1.21. The summed E-state index contributed by atoms with van der Waals surface area (Å²) >= 11 is 0. The summed E-state index contributed by atoms with van der Waals surface area (Å²) < 4.78 is 0. The van der Waals surface area contributed by atoms with Crippen LogP contribution in [-0.4, -0.2) is 29.4 Å². The Labute approximate surface area is 67.2 Å². The van der Waals surface area contributed by atoms with Crippen LogP contribution >= 0.6 is 0 Å². The van der Waals surface area contributed by atoms with E-state index < -0.39 is 17.8 Å². The Bertz CT molecular complexity index is 281. The number of hydrogen-bond acceptors (Lipinski definition) is 4. The second-order valence-corrected chi connectivity index (χ2v) is 2.13. The number of aliphatic carboxylic acids is 1. The number of carboxylic acid groups (broad SMARTS) is 1. The third kappa shape index (κ3) is 1.82. The molecule has 0 aromatic heterocycles. The summed E-state index contributed by atoms with van der Waals surface area (Å²) in [6.07, 6.45) is 0.827. The first-order valence-corrected chi connectivity index (χ1v) is 3.12. The molecule has 0 aromatic rings. The van der Waals surface area contributed by atoms with Crippen molar-refractivity contribution < 1.29 is 19.5 Å². The summed E-state index contributed by atoms with van der Waals surface area (Å²) in [5.41, 5.74) is -0.279. The van der Waals surface area contributed by atoms with E-state index in [1.165, 1.54) is 0 Å². The van der Waals surface area contributed by atoms with Crippen LogP contribution in [0.25, 0.3) is 0 Å². The number of imide groups is 1. The molecular weight excluding hydrogens is 164 g/mol.